The van der Waals surface area contributed by atoms with E-state index in [0.29, 0.717) is 11.6 Å². The van der Waals surface area contributed by atoms with Gasteiger partial charge >= 0.3 is 5.97 Å². The predicted molar refractivity (Wildman–Crippen MR) is 133 cm³/mol. The zero-order valence-corrected chi connectivity index (χ0v) is 20.1. The van der Waals surface area contributed by atoms with Crippen molar-refractivity contribution in [1.29, 1.82) is 0 Å². The highest BCUT2D eigenvalue weighted by molar-refractivity contribution is 7.20. The van der Waals surface area contributed by atoms with Gasteiger partial charge in [-0.2, -0.15) is 0 Å². The molecule has 0 spiro atoms. The maximum atomic E-state index is 12.4. The van der Waals surface area contributed by atoms with Crippen LogP contribution in [0.4, 0.5) is 0 Å². The van der Waals surface area contributed by atoms with Crippen LogP contribution in [0.2, 0.25) is 5.02 Å². The lowest BCUT2D eigenvalue weighted by atomic mass is 9.93. The number of allylic oxidation sites excluding steroid dienone is 4. The third kappa shape index (κ3) is 4.04. The minimum absolute atomic E-state index is 0.210. The van der Waals surface area contributed by atoms with Crippen LogP contribution in [0.15, 0.2) is 60.1 Å². The number of carbonyl (C=O) groups is 1. The molecule has 0 fully saturated rings. The summed E-state index contributed by atoms with van der Waals surface area (Å²) in [7, 11) is 0. The first-order valence-electron chi connectivity index (χ1n) is 10.7. The molecule has 1 aromatic heterocycles. The minimum Gasteiger partial charge on any atom is -0.466 e. The molecule has 0 atom stereocenters. The molecule has 0 saturated heterocycles. The van der Waals surface area contributed by atoms with Crippen LogP contribution in [0.5, 0.6) is 0 Å². The fourth-order valence-corrected chi connectivity index (χ4v) is 5.35. The molecule has 168 valence electrons. The molecule has 0 aliphatic carbocycles. The Morgan fingerprint density at radius 2 is 2.03 bits per heavy atom. The number of ether oxygens (including phenoxy) is 1. The number of rotatable bonds is 5. The minimum atomic E-state index is -0.235. The highest BCUT2D eigenvalue weighted by Crippen LogP contribution is 2.41. The van der Waals surface area contributed by atoms with Crippen molar-refractivity contribution < 1.29 is 9.53 Å². The van der Waals surface area contributed by atoms with E-state index in [-0.39, 0.29) is 12.4 Å². The molecule has 2 N–H and O–H groups in total. The van der Waals surface area contributed by atoms with Gasteiger partial charge in [0.25, 0.3) is 0 Å². The van der Waals surface area contributed by atoms with E-state index in [9.17, 15) is 4.79 Å². The summed E-state index contributed by atoms with van der Waals surface area (Å²) in [6.45, 7) is 6.23. The van der Waals surface area contributed by atoms with Gasteiger partial charge in [0, 0.05) is 22.4 Å². The number of aromatic nitrogens is 1. The molecule has 5 rings (SSSR count). The Morgan fingerprint density at radius 1 is 1.24 bits per heavy atom. The number of thiazole rings is 1. The molecule has 0 bridgehead atoms. The normalized spacial score (nSPS) is 15.0. The first-order chi connectivity index (χ1) is 15.9. The fraction of sp³-hybridized carbons (Fsp3) is 0.200. The summed E-state index contributed by atoms with van der Waals surface area (Å²) in [5.74, 6) is -0.235. The topological polar surface area (TPSA) is 66.5 Å². The maximum Gasteiger partial charge on any atom is 0.310 e. The van der Waals surface area contributed by atoms with E-state index in [1.807, 2.05) is 62.3 Å². The van der Waals surface area contributed by atoms with Crippen LogP contribution in [-0.2, 0) is 16.0 Å². The molecule has 3 aromatic rings. The Labute approximate surface area is 201 Å². The summed E-state index contributed by atoms with van der Waals surface area (Å²) in [5.41, 5.74) is 14.3. The van der Waals surface area contributed by atoms with Crippen molar-refractivity contribution in [1.82, 2.24) is 21.0 Å². The van der Waals surface area contributed by atoms with Gasteiger partial charge in [-0.05, 0) is 67.8 Å². The van der Waals surface area contributed by atoms with Gasteiger partial charge in [-0.25, -0.2) is 4.98 Å². The van der Waals surface area contributed by atoms with Crippen molar-refractivity contribution in [2.75, 3.05) is 6.61 Å². The number of halogens is 1. The summed E-state index contributed by atoms with van der Waals surface area (Å²) in [5, 5.41) is 3.53. The van der Waals surface area contributed by atoms with Gasteiger partial charge in [0.1, 0.15) is 5.01 Å². The second-order valence-corrected chi connectivity index (χ2v) is 9.37. The molecule has 33 heavy (non-hydrogen) atoms. The van der Waals surface area contributed by atoms with Crippen LogP contribution >= 0.6 is 22.9 Å². The third-order valence-corrected chi connectivity index (χ3v) is 7.11. The van der Waals surface area contributed by atoms with Crippen molar-refractivity contribution >= 4 is 44.7 Å². The first kappa shape index (κ1) is 21.7. The summed E-state index contributed by atoms with van der Waals surface area (Å²) < 4.78 is 6.31. The smallest absolute Gasteiger partial charge is 0.310 e. The Bertz CT molecular complexity index is 1350. The van der Waals surface area contributed by atoms with Crippen LogP contribution in [0.25, 0.3) is 26.9 Å². The number of hydrogen-bond donors (Lipinski definition) is 2. The standard InChI is InChI=1S/C25H23ClN4O2S/c1-4-32-22(31)13-19-14(2)11-20-24(23(19)16-5-7-18(26)8-6-16)33-25(27-20)17-9-10-30-21(12-17)15(3)28-29-30/h5-12,28-29H,4,13H2,1-3H3. The molecule has 0 amide bonds. The number of aryl methyl sites for hydroxylation is 1. The lowest BCUT2D eigenvalue weighted by Crippen LogP contribution is -2.34. The van der Waals surface area contributed by atoms with E-state index in [1.54, 1.807) is 11.3 Å². The Morgan fingerprint density at radius 3 is 2.79 bits per heavy atom. The zero-order valence-electron chi connectivity index (χ0n) is 18.5. The van der Waals surface area contributed by atoms with E-state index in [1.165, 1.54) is 0 Å². The number of carbonyl (C=O) groups excluding carboxylic acids is 1. The van der Waals surface area contributed by atoms with Gasteiger partial charge in [-0.15, -0.1) is 16.9 Å². The number of nitrogens with zero attached hydrogens (tertiary/aromatic N) is 2. The van der Waals surface area contributed by atoms with Crippen molar-refractivity contribution in [2.24, 2.45) is 0 Å². The lowest BCUT2D eigenvalue weighted by Gasteiger charge is -2.18. The van der Waals surface area contributed by atoms with Crippen molar-refractivity contribution in [2.45, 2.75) is 27.2 Å². The monoisotopic (exact) mass is 478 g/mol. The summed E-state index contributed by atoms with van der Waals surface area (Å²) in [6.07, 6.45) is 6.36. The Kier molecular flexibility index (Phi) is 5.70. The van der Waals surface area contributed by atoms with Gasteiger partial charge in [-0.1, -0.05) is 23.7 Å². The van der Waals surface area contributed by atoms with Gasteiger partial charge < -0.3 is 10.2 Å². The fourth-order valence-electron chi connectivity index (χ4n) is 4.09. The SMILES string of the molecule is CCOC(=O)Cc1c(C)cc2nc(C3=CC4=C(C)NNN4C=C3)sc2c1-c1ccc(Cl)cc1. The van der Waals surface area contributed by atoms with E-state index < -0.39 is 0 Å². The molecule has 0 saturated carbocycles. The van der Waals surface area contributed by atoms with Crippen LogP contribution in [0.3, 0.4) is 0 Å². The number of nitrogens with one attached hydrogen (secondary N) is 2. The number of hydrazine groups is 2. The summed E-state index contributed by atoms with van der Waals surface area (Å²) in [6, 6.07) is 9.79. The summed E-state index contributed by atoms with van der Waals surface area (Å²) in [4.78, 5) is 17.4. The molecule has 8 heteroatoms. The largest absolute Gasteiger partial charge is 0.466 e. The third-order valence-electron chi connectivity index (χ3n) is 5.72. The van der Waals surface area contributed by atoms with Crippen molar-refractivity contribution in [3.05, 3.63) is 81.2 Å². The average Bonchev–Trinajstić information content (AvgIpc) is 3.38. The number of esters is 1. The van der Waals surface area contributed by atoms with E-state index in [4.69, 9.17) is 21.3 Å². The average molecular weight is 479 g/mol. The maximum absolute atomic E-state index is 12.4. The van der Waals surface area contributed by atoms with E-state index >= 15 is 0 Å². The number of hydrogen-bond acceptors (Lipinski definition) is 7. The second kappa shape index (κ2) is 8.67. The van der Waals surface area contributed by atoms with Crippen LogP contribution in [0, 0.1) is 6.92 Å². The number of benzene rings is 2. The quantitative estimate of drug-likeness (QED) is 0.472. The van der Waals surface area contributed by atoms with Crippen LogP contribution < -0.4 is 11.0 Å². The number of fused-ring (bicyclic) bond motifs is 2. The van der Waals surface area contributed by atoms with Gasteiger partial charge in [0.2, 0.25) is 0 Å². The van der Waals surface area contributed by atoms with Gasteiger partial charge in [-0.3, -0.25) is 9.80 Å². The summed E-state index contributed by atoms with van der Waals surface area (Å²) >= 11 is 7.79. The zero-order chi connectivity index (χ0) is 23.1. The highest BCUT2D eigenvalue weighted by Gasteiger charge is 2.23. The van der Waals surface area contributed by atoms with Crippen molar-refractivity contribution in [3.8, 4) is 11.1 Å². The highest BCUT2D eigenvalue weighted by atomic mass is 35.5. The molecule has 3 heterocycles. The molecular weight excluding hydrogens is 456 g/mol. The second-order valence-electron chi connectivity index (χ2n) is 7.94. The molecule has 2 aliphatic heterocycles. The molecule has 6 nitrogen and oxygen atoms in total. The predicted octanol–water partition coefficient (Wildman–Crippen LogP) is 5.50. The van der Waals surface area contributed by atoms with Gasteiger partial charge in [0.15, 0.2) is 0 Å². The Hall–Kier alpha value is -3.13. The molecule has 0 unspecified atom stereocenters. The van der Waals surface area contributed by atoms with Crippen molar-refractivity contribution in [3.63, 3.8) is 0 Å². The Balaban J connectivity index is 1.68. The molecule has 2 aliphatic rings. The molecular formula is C25H23ClN4O2S. The van der Waals surface area contributed by atoms with E-state index in [2.05, 4.69) is 23.1 Å². The molecule has 0 radical (unpaired) electrons. The van der Waals surface area contributed by atoms with E-state index in [0.717, 1.165) is 54.4 Å². The first-order valence-corrected chi connectivity index (χ1v) is 11.9. The van der Waals surface area contributed by atoms with Crippen LogP contribution in [0.1, 0.15) is 30.0 Å². The molecule has 2 aromatic carbocycles. The van der Waals surface area contributed by atoms with Gasteiger partial charge in [0.05, 0.1) is 34.6 Å². The van der Waals surface area contributed by atoms with Crippen LogP contribution in [-0.4, -0.2) is 22.6 Å². The lowest BCUT2D eigenvalue weighted by molar-refractivity contribution is -0.142.